The van der Waals surface area contributed by atoms with Crippen molar-refractivity contribution >= 4 is 21.6 Å². The van der Waals surface area contributed by atoms with E-state index in [1.807, 2.05) is 25.1 Å². The quantitative estimate of drug-likeness (QED) is 0.628. The third-order valence-electron chi connectivity index (χ3n) is 2.58. The second kappa shape index (κ2) is 5.36. The van der Waals surface area contributed by atoms with E-state index in [1.165, 1.54) is 12.1 Å². The van der Waals surface area contributed by atoms with Gasteiger partial charge in [0.25, 0.3) is 5.69 Å². The molecule has 1 aromatic carbocycles. The Hall–Kier alpha value is -1.95. The van der Waals surface area contributed by atoms with Gasteiger partial charge in [0.2, 0.25) is 5.88 Å². The minimum absolute atomic E-state index is 0.0140. The van der Waals surface area contributed by atoms with Gasteiger partial charge in [0.15, 0.2) is 0 Å². The molecule has 0 unspecified atom stereocenters. The molecule has 98 valence electrons. The number of ether oxygens (including phenoxy) is 1. The highest BCUT2D eigenvalue weighted by Gasteiger charge is 2.13. The molecule has 0 aliphatic rings. The summed E-state index contributed by atoms with van der Waals surface area (Å²) in [5.41, 5.74) is 1.27. The molecule has 0 aliphatic carbocycles. The van der Waals surface area contributed by atoms with Gasteiger partial charge in [-0.15, -0.1) is 0 Å². The molecule has 0 amide bonds. The maximum Gasteiger partial charge on any atom is 0.290 e. The van der Waals surface area contributed by atoms with Crippen LogP contribution in [0.1, 0.15) is 11.3 Å². The number of nitro groups is 1. The summed E-state index contributed by atoms with van der Waals surface area (Å²) in [5, 5.41) is 10.7. The fraction of sp³-hybridized carbons (Fsp3) is 0.154. The lowest BCUT2D eigenvalue weighted by molar-refractivity contribution is -0.385. The fourth-order valence-electron chi connectivity index (χ4n) is 1.62. The van der Waals surface area contributed by atoms with E-state index in [2.05, 4.69) is 20.9 Å². The summed E-state index contributed by atoms with van der Waals surface area (Å²) in [6, 6.07) is 8.49. The molecule has 0 saturated carbocycles. The minimum Gasteiger partial charge on any atom is -0.439 e. The molecule has 2 rings (SSSR count). The van der Waals surface area contributed by atoms with Crippen LogP contribution in [0.15, 0.2) is 34.8 Å². The molecule has 0 aliphatic heterocycles. The van der Waals surface area contributed by atoms with E-state index < -0.39 is 4.92 Å². The lowest BCUT2D eigenvalue weighted by atomic mass is 10.2. The number of aryl methyl sites for hydroxylation is 2. The molecule has 0 atom stereocenters. The number of benzene rings is 1. The highest BCUT2D eigenvalue weighted by molar-refractivity contribution is 9.10. The summed E-state index contributed by atoms with van der Waals surface area (Å²) in [7, 11) is 0. The molecule has 0 spiro atoms. The van der Waals surface area contributed by atoms with E-state index in [-0.39, 0.29) is 5.69 Å². The van der Waals surface area contributed by atoms with Crippen molar-refractivity contribution in [3.05, 3.63) is 56.2 Å². The van der Waals surface area contributed by atoms with Crippen LogP contribution in [0.2, 0.25) is 0 Å². The number of rotatable bonds is 3. The van der Waals surface area contributed by atoms with E-state index in [9.17, 15) is 10.1 Å². The Morgan fingerprint density at radius 2 is 2.00 bits per heavy atom. The first-order chi connectivity index (χ1) is 8.97. The van der Waals surface area contributed by atoms with Gasteiger partial charge in [0.1, 0.15) is 11.4 Å². The van der Waals surface area contributed by atoms with Gasteiger partial charge in [0, 0.05) is 16.6 Å². The van der Waals surface area contributed by atoms with E-state index in [0.717, 1.165) is 10.0 Å². The maximum atomic E-state index is 10.7. The summed E-state index contributed by atoms with van der Waals surface area (Å²) in [4.78, 5) is 14.3. The molecular formula is C13H11BrN2O3. The minimum atomic E-state index is -0.461. The molecule has 0 fully saturated rings. The van der Waals surface area contributed by atoms with Crippen molar-refractivity contribution in [2.75, 3.05) is 0 Å². The summed E-state index contributed by atoms with van der Waals surface area (Å²) >= 11 is 3.37. The SMILES string of the molecule is Cc1cc(Br)ccc1Oc1ccc([N+](=O)[O-])c(C)n1. The largest absolute Gasteiger partial charge is 0.439 e. The Balaban J connectivity index is 2.29. The molecule has 1 heterocycles. The van der Waals surface area contributed by atoms with Crippen LogP contribution in [0.25, 0.3) is 0 Å². The van der Waals surface area contributed by atoms with Crippen LogP contribution in [0, 0.1) is 24.0 Å². The third-order valence-corrected chi connectivity index (χ3v) is 3.07. The zero-order valence-corrected chi connectivity index (χ0v) is 12.0. The normalized spacial score (nSPS) is 10.3. The first-order valence-corrected chi connectivity index (χ1v) is 6.32. The van der Waals surface area contributed by atoms with Crippen molar-refractivity contribution in [3.8, 4) is 11.6 Å². The van der Waals surface area contributed by atoms with E-state index >= 15 is 0 Å². The predicted octanol–water partition coefficient (Wildman–Crippen LogP) is 4.16. The van der Waals surface area contributed by atoms with Crippen molar-refractivity contribution in [3.63, 3.8) is 0 Å². The first kappa shape index (κ1) is 13.5. The maximum absolute atomic E-state index is 10.7. The van der Waals surface area contributed by atoms with Gasteiger partial charge in [-0.05, 0) is 37.6 Å². The van der Waals surface area contributed by atoms with Crippen molar-refractivity contribution in [2.24, 2.45) is 0 Å². The topological polar surface area (TPSA) is 65.3 Å². The molecule has 0 bridgehead atoms. The van der Waals surface area contributed by atoms with Crippen molar-refractivity contribution in [1.82, 2.24) is 4.98 Å². The molecule has 19 heavy (non-hydrogen) atoms. The number of hydrogen-bond donors (Lipinski definition) is 0. The Kier molecular flexibility index (Phi) is 3.80. The molecule has 0 N–H and O–H groups in total. The van der Waals surface area contributed by atoms with Gasteiger partial charge in [0.05, 0.1) is 4.92 Å². The van der Waals surface area contributed by atoms with Crippen molar-refractivity contribution in [1.29, 1.82) is 0 Å². The summed E-state index contributed by atoms with van der Waals surface area (Å²) in [5.74, 6) is 1.01. The number of halogens is 1. The number of pyridine rings is 1. The average Bonchev–Trinajstić information content (AvgIpc) is 2.32. The highest BCUT2D eigenvalue weighted by Crippen LogP contribution is 2.28. The van der Waals surface area contributed by atoms with Crippen LogP contribution in [0.3, 0.4) is 0 Å². The summed E-state index contributed by atoms with van der Waals surface area (Å²) in [6.45, 7) is 3.50. The van der Waals surface area contributed by atoms with E-state index in [0.29, 0.717) is 17.3 Å². The van der Waals surface area contributed by atoms with Gasteiger partial charge in [-0.1, -0.05) is 15.9 Å². The number of hydrogen-bond acceptors (Lipinski definition) is 4. The highest BCUT2D eigenvalue weighted by atomic mass is 79.9. The van der Waals surface area contributed by atoms with Gasteiger partial charge in [-0.25, -0.2) is 4.98 Å². The summed E-state index contributed by atoms with van der Waals surface area (Å²) in [6.07, 6.45) is 0. The lowest BCUT2D eigenvalue weighted by Gasteiger charge is -2.08. The Bertz CT molecular complexity index is 644. The first-order valence-electron chi connectivity index (χ1n) is 5.53. The standard InChI is InChI=1S/C13H11BrN2O3/c1-8-7-10(14)3-5-12(8)19-13-6-4-11(16(17)18)9(2)15-13/h3-7H,1-2H3. The van der Waals surface area contributed by atoms with Gasteiger partial charge < -0.3 is 4.74 Å². The smallest absolute Gasteiger partial charge is 0.290 e. The average molecular weight is 323 g/mol. The van der Waals surface area contributed by atoms with Crippen LogP contribution in [0.5, 0.6) is 11.6 Å². The lowest BCUT2D eigenvalue weighted by Crippen LogP contribution is -1.96. The Morgan fingerprint density at radius 3 is 2.58 bits per heavy atom. The van der Waals surface area contributed by atoms with Crippen LogP contribution < -0.4 is 4.74 Å². The molecule has 1 aromatic heterocycles. The molecular weight excluding hydrogens is 312 g/mol. The van der Waals surface area contributed by atoms with E-state index in [1.54, 1.807) is 6.92 Å². The predicted molar refractivity (Wildman–Crippen MR) is 74.6 cm³/mol. The number of nitrogens with zero attached hydrogens (tertiary/aromatic N) is 2. The van der Waals surface area contributed by atoms with Crippen LogP contribution >= 0.6 is 15.9 Å². The third kappa shape index (κ3) is 3.08. The van der Waals surface area contributed by atoms with Crippen LogP contribution in [0.4, 0.5) is 5.69 Å². The zero-order chi connectivity index (χ0) is 14.0. The van der Waals surface area contributed by atoms with Gasteiger partial charge in [-0.2, -0.15) is 0 Å². The van der Waals surface area contributed by atoms with Crippen LogP contribution in [-0.2, 0) is 0 Å². The zero-order valence-electron chi connectivity index (χ0n) is 10.4. The molecule has 0 radical (unpaired) electrons. The van der Waals surface area contributed by atoms with Crippen molar-refractivity contribution in [2.45, 2.75) is 13.8 Å². The van der Waals surface area contributed by atoms with E-state index in [4.69, 9.17) is 4.74 Å². The molecule has 2 aromatic rings. The number of aromatic nitrogens is 1. The second-order valence-corrected chi connectivity index (χ2v) is 4.94. The van der Waals surface area contributed by atoms with Gasteiger partial charge >= 0.3 is 0 Å². The second-order valence-electron chi connectivity index (χ2n) is 4.02. The van der Waals surface area contributed by atoms with Crippen molar-refractivity contribution < 1.29 is 9.66 Å². The Labute approximate surface area is 118 Å². The van der Waals surface area contributed by atoms with Crippen LogP contribution in [-0.4, -0.2) is 9.91 Å². The van der Waals surface area contributed by atoms with Gasteiger partial charge in [-0.3, -0.25) is 10.1 Å². The fourth-order valence-corrected chi connectivity index (χ4v) is 2.10. The molecule has 5 nitrogen and oxygen atoms in total. The Morgan fingerprint density at radius 1 is 1.26 bits per heavy atom. The monoisotopic (exact) mass is 322 g/mol. The molecule has 6 heteroatoms. The molecule has 0 saturated heterocycles. The summed E-state index contributed by atoms with van der Waals surface area (Å²) < 4.78 is 6.59.